The zero-order valence-electron chi connectivity index (χ0n) is 12.3. The number of fused-ring (bicyclic) bond motifs is 1. The molecule has 1 unspecified atom stereocenters. The zero-order chi connectivity index (χ0) is 13.8. The number of piperidine rings is 1. The fourth-order valence-electron chi connectivity index (χ4n) is 3.36. The number of nitrogens with two attached hydrogens (primary N) is 1. The van der Waals surface area contributed by atoms with E-state index in [2.05, 4.69) is 23.1 Å². The smallest absolute Gasteiger partial charge is 0.119 e. The van der Waals surface area contributed by atoms with Gasteiger partial charge in [0.25, 0.3) is 0 Å². The summed E-state index contributed by atoms with van der Waals surface area (Å²) in [5, 5.41) is 0. The van der Waals surface area contributed by atoms with Gasteiger partial charge in [-0.1, -0.05) is 12.5 Å². The van der Waals surface area contributed by atoms with Crippen molar-refractivity contribution in [2.24, 2.45) is 5.73 Å². The number of hydrogen-bond acceptors (Lipinski definition) is 3. The molecular weight excluding hydrogens is 248 g/mol. The molecule has 3 heteroatoms. The molecule has 1 aliphatic carbocycles. The van der Waals surface area contributed by atoms with Crippen LogP contribution in [0.2, 0.25) is 0 Å². The molecule has 1 saturated heterocycles. The second-order valence-electron chi connectivity index (χ2n) is 6.11. The molecule has 0 aromatic heterocycles. The Kier molecular flexibility index (Phi) is 4.58. The first kappa shape index (κ1) is 13.9. The standard InChI is InChI=1S/C17H26N2O/c18-7-4-10-20-16-6-5-14-11-15(17(14)12-16)13-19-8-2-1-3-9-19/h5-6,12,15H,1-4,7-11,13,18H2. The third-order valence-electron chi connectivity index (χ3n) is 4.57. The molecule has 0 saturated carbocycles. The molecule has 3 rings (SSSR count). The highest BCUT2D eigenvalue weighted by Crippen LogP contribution is 2.38. The third kappa shape index (κ3) is 3.15. The summed E-state index contributed by atoms with van der Waals surface area (Å²) in [6, 6.07) is 6.59. The van der Waals surface area contributed by atoms with Gasteiger partial charge in [0.2, 0.25) is 0 Å². The van der Waals surface area contributed by atoms with Crippen LogP contribution >= 0.6 is 0 Å². The van der Waals surface area contributed by atoms with E-state index in [0.717, 1.165) is 24.7 Å². The van der Waals surface area contributed by atoms with E-state index < -0.39 is 0 Å². The minimum absolute atomic E-state index is 0.697. The quantitative estimate of drug-likeness (QED) is 0.810. The average Bonchev–Trinajstić information content (AvgIpc) is 2.47. The van der Waals surface area contributed by atoms with Crippen molar-refractivity contribution in [1.29, 1.82) is 0 Å². The molecule has 110 valence electrons. The lowest BCUT2D eigenvalue weighted by Crippen LogP contribution is -2.36. The molecule has 2 N–H and O–H groups in total. The monoisotopic (exact) mass is 274 g/mol. The highest BCUT2D eigenvalue weighted by molar-refractivity contribution is 5.45. The first-order valence-electron chi connectivity index (χ1n) is 8.05. The van der Waals surface area contributed by atoms with Gasteiger partial charge in [-0.15, -0.1) is 0 Å². The summed E-state index contributed by atoms with van der Waals surface area (Å²) in [5.41, 5.74) is 8.53. The topological polar surface area (TPSA) is 38.5 Å². The summed E-state index contributed by atoms with van der Waals surface area (Å²) in [6.45, 7) is 5.24. The Bertz CT molecular complexity index is 441. The van der Waals surface area contributed by atoms with Crippen LogP contribution in [-0.2, 0) is 6.42 Å². The Labute approximate surface area is 122 Å². The van der Waals surface area contributed by atoms with Crippen LogP contribution in [0.1, 0.15) is 42.7 Å². The maximum Gasteiger partial charge on any atom is 0.119 e. The highest BCUT2D eigenvalue weighted by Gasteiger charge is 2.28. The predicted molar refractivity (Wildman–Crippen MR) is 82.3 cm³/mol. The van der Waals surface area contributed by atoms with Gasteiger partial charge in [-0.3, -0.25) is 0 Å². The van der Waals surface area contributed by atoms with E-state index >= 15 is 0 Å². The molecule has 0 radical (unpaired) electrons. The number of hydrogen-bond donors (Lipinski definition) is 1. The molecule has 1 atom stereocenters. The molecule has 0 spiro atoms. The Morgan fingerprint density at radius 3 is 2.85 bits per heavy atom. The maximum absolute atomic E-state index is 5.76. The van der Waals surface area contributed by atoms with E-state index in [1.54, 1.807) is 0 Å². The fourth-order valence-corrected chi connectivity index (χ4v) is 3.36. The van der Waals surface area contributed by atoms with Crippen molar-refractivity contribution < 1.29 is 4.74 Å². The molecule has 2 aliphatic rings. The first-order chi connectivity index (χ1) is 9.86. The Morgan fingerprint density at radius 1 is 1.20 bits per heavy atom. The number of likely N-dealkylation sites (tertiary alicyclic amines) is 1. The average molecular weight is 274 g/mol. The Hall–Kier alpha value is -1.06. The van der Waals surface area contributed by atoms with Crippen LogP contribution in [0.15, 0.2) is 18.2 Å². The second-order valence-corrected chi connectivity index (χ2v) is 6.11. The largest absolute Gasteiger partial charge is 0.494 e. The van der Waals surface area contributed by atoms with Crippen LogP contribution < -0.4 is 10.5 Å². The summed E-state index contributed by atoms with van der Waals surface area (Å²) in [5.74, 6) is 1.74. The van der Waals surface area contributed by atoms with Gasteiger partial charge in [0.1, 0.15) is 5.75 Å². The highest BCUT2D eigenvalue weighted by atomic mass is 16.5. The van der Waals surface area contributed by atoms with Crippen molar-refractivity contribution in [2.75, 3.05) is 32.8 Å². The predicted octanol–water partition coefficient (Wildman–Crippen LogP) is 2.54. The van der Waals surface area contributed by atoms with E-state index in [0.29, 0.717) is 6.54 Å². The molecule has 1 heterocycles. The van der Waals surface area contributed by atoms with Crippen molar-refractivity contribution in [2.45, 2.75) is 38.0 Å². The lowest BCUT2D eigenvalue weighted by molar-refractivity contribution is 0.209. The van der Waals surface area contributed by atoms with Crippen molar-refractivity contribution in [3.05, 3.63) is 29.3 Å². The van der Waals surface area contributed by atoms with E-state index in [1.165, 1.54) is 56.4 Å². The summed E-state index contributed by atoms with van der Waals surface area (Å²) in [6.07, 6.45) is 6.34. The second kappa shape index (κ2) is 6.59. The van der Waals surface area contributed by atoms with Gasteiger partial charge in [0, 0.05) is 12.5 Å². The number of ether oxygens (including phenoxy) is 1. The SMILES string of the molecule is NCCCOc1ccc2c(c1)C(CN1CCCCC1)C2. The first-order valence-corrected chi connectivity index (χ1v) is 8.05. The van der Waals surface area contributed by atoms with Crippen molar-refractivity contribution in [3.63, 3.8) is 0 Å². The molecule has 1 aliphatic heterocycles. The summed E-state index contributed by atoms with van der Waals surface area (Å²) in [7, 11) is 0. The van der Waals surface area contributed by atoms with Gasteiger partial charge < -0.3 is 15.4 Å². The van der Waals surface area contributed by atoms with Crippen LogP contribution in [0.3, 0.4) is 0 Å². The van der Waals surface area contributed by atoms with E-state index in [4.69, 9.17) is 10.5 Å². The molecule has 3 nitrogen and oxygen atoms in total. The Morgan fingerprint density at radius 2 is 2.05 bits per heavy atom. The maximum atomic E-state index is 5.76. The van der Waals surface area contributed by atoms with E-state index in [1.807, 2.05) is 0 Å². The molecule has 20 heavy (non-hydrogen) atoms. The van der Waals surface area contributed by atoms with Gasteiger partial charge in [-0.2, -0.15) is 0 Å². The van der Waals surface area contributed by atoms with Crippen molar-refractivity contribution >= 4 is 0 Å². The number of benzene rings is 1. The van der Waals surface area contributed by atoms with Gasteiger partial charge in [-0.25, -0.2) is 0 Å². The lowest BCUT2D eigenvalue weighted by atomic mass is 9.77. The molecule has 1 fully saturated rings. The van der Waals surface area contributed by atoms with Crippen molar-refractivity contribution in [1.82, 2.24) is 4.90 Å². The number of nitrogens with zero attached hydrogens (tertiary/aromatic N) is 1. The van der Waals surface area contributed by atoms with Crippen LogP contribution in [0.25, 0.3) is 0 Å². The van der Waals surface area contributed by atoms with Crippen LogP contribution in [0.4, 0.5) is 0 Å². The van der Waals surface area contributed by atoms with Crippen LogP contribution in [0.5, 0.6) is 5.75 Å². The summed E-state index contributed by atoms with van der Waals surface area (Å²) >= 11 is 0. The third-order valence-corrected chi connectivity index (χ3v) is 4.57. The van der Waals surface area contributed by atoms with Crippen LogP contribution in [0, 0.1) is 0 Å². The normalized spacial score (nSPS) is 22.1. The van der Waals surface area contributed by atoms with Gasteiger partial charge in [0.15, 0.2) is 0 Å². The minimum Gasteiger partial charge on any atom is -0.494 e. The van der Waals surface area contributed by atoms with Gasteiger partial charge >= 0.3 is 0 Å². The summed E-state index contributed by atoms with van der Waals surface area (Å²) < 4.78 is 5.76. The molecule has 0 bridgehead atoms. The molecular formula is C17H26N2O. The molecule has 0 amide bonds. The van der Waals surface area contributed by atoms with Crippen molar-refractivity contribution in [3.8, 4) is 5.75 Å². The Balaban J connectivity index is 1.56. The number of rotatable bonds is 6. The molecule has 1 aromatic rings. The molecule has 1 aromatic carbocycles. The van der Waals surface area contributed by atoms with E-state index in [9.17, 15) is 0 Å². The lowest BCUT2D eigenvalue weighted by Gasteiger charge is -2.36. The zero-order valence-corrected chi connectivity index (χ0v) is 12.3. The van der Waals surface area contributed by atoms with Gasteiger partial charge in [0.05, 0.1) is 6.61 Å². The van der Waals surface area contributed by atoms with Crippen LogP contribution in [-0.4, -0.2) is 37.7 Å². The summed E-state index contributed by atoms with van der Waals surface area (Å²) in [4.78, 5) is 2.64. The fraction of sp³-hybridized carbons (Fsp3) is 0.647. The van der Waals surface area contributed by atoms with E-state index in [-0.39, 0.29) is 0 Å². The minimum atomic E-state index is 0.697. The van der Waals surface area contributed by atoms with Gasteiger partial charge in [-0.05, 0) is 68.6 Å².